The molecule has 0 bridgehead atoms. The Morgan fingerprint density at radius 3 is 2.39 bits per heavy atom. The van der Waals surface area contributed by atoms with E-state index in [4.69, 9.17) is 9.84 Å². The van der Waals surface area contributed by atoms with Crippen molar-refractivity contribution in [2.24, 2.45) is 5.92 Å². The number of aromatic amines is 1. The molecule has 7 nitrogen and oxygen atoms in total. The topological polar surface area (TPSA) is 101 Å². The molecule has 186 valence electrons. The van der Waals surface area contributed by atoms with Gasteiger partial charge in [0.15, 0.2) is 0 Å². The first-order valence-corrected chi connectivity index (χ1v) is 11.6. The molecule has 3 aromatic heterocycles. The third-order valence-electron chi connectivity index (χ3n) is 6.42. The number of H-pyrrole nitrogens is 1. The molecule has 0 aliphatic heterocycles. The number of hydrogen-bond acceptors (Lipinski definition) is 5. The molecule has 5 rings (SSSR count). The number of carbonyl (C=O) groups is 1. The van der Waals surface area contributed by atoms with Gasteiger partial charge in [-0.1, -0.05) is 0 Å². The van der Waals surface area contributed by atoms with Crippen molar-refractivity contribution in [3.63, 3.8) is 0 Å². The number of hydrogen-bond donors (Lipinski definition) is 2. The van der Waals surface area contributed by atoms with Gasteiger partial charge >= 0.3 is 12.1 Å². The van der Waals surface area contributed by atoms with Crippen LogP contribution in [-0.2, 0) is 11.0 Å². The van der Waals surface area contributed by atoms with E-state index in [1.165, 1.54) is 6.07 Å². The molecule has 0 atom stereocenters. The highest BCUT2D eigenvalue weighted by Gasteiger charge is 2.30. The second-order valence-electron chi connectivity index (χ2n) is 8.99. The van der Waals surface area contributed by atoms with Crippen LogP contribution in [0.15, 0.2) is 54.9 Å². The van der Waals surface area contributed by atoms with E-state index in [1.54, 1.807) is 30.6 Å². The first-order valence-electron chi connectivity index (χ1n) is 11.6. The number of fused-ring (bicyclic) bond motifs is 1. The minimum Gasteiger partial charge on any atom is -0.481 e. The number of rotatable bonds is 6. The Kier molecular flexibility index (Phi) is 6.34. The minimum atomic E-state index is -4.42. The molecule has 2 N–H and O–H groups in total. The number of imidazole rings is 1. The molecular formula is C26H23F3N4O3. The largest absolute Gasteiger partial charge is 0.481 e. The third-order valence-corrected chi connectivity index (χ3v) is 6.42. The molecule has 1 aliphatic rings. The van der Waals surface area contributed by atoms with E-state index in [9.17, 15) is 18.0 Å². The number of alkyl halides is 3. The lowest BCUT2D eigenvalue weighted by Crippen LogP contribution is -2.25. The quantitative estimate of drug-likeness (QED) is 0.334. The van der Waals surface area contributed by atoms with Gasteiger partial charge in [-0.25, -0.2) is 9.97 Å². The molecule has 36 heavy (non-hydrogen) atoms. The number of carboxylic acid groups (broad SMARTS) is 1. The number of halogens is 3. The molecule has 0 amide bonds. The molecule has 4 aromatic rings. The maximum absolute atomic E-state index is 13.0. The number of aliphatic carboxylic acids is 1. The van der Waals surface area contributed by atoms with Crippen molar-refractivity contribution in [3.05, 3.63) is 60.4 Å². The SMILES string of the molecule is O=C(O)CC1CCC(Oc2ccc(-c3ccc(-c4nc5ccc(C(F)(F)F)cc5[nH]4)cn3)cn2)CC1. The minimum absolute atomic E-state index is 0.0295. The van der Waals surface area contributed by atoms with Gasteiger partial charge in [0.25, 0.3) is 0 Å². The Hall–Kier alpha value is -3.95. The van der Waals surface area contributed by atoms with Crippen LogP contribution in [0.1, 0.15) is 37.7 Å². The van der Waals surface area contributed by atoms with Gasteiger partial charge in [0.05, 0.1) is 22.3 Å². The van der Waals surface area contributed by atoms with Gasteiger partial charge in [-0.2, -0.15) is 13.2 Å². The summed E-state index contributed by atoms with van der Waals surface area (Å²) in [7, 11) is 0. The molecule has 0 radical (unpaired) electrons. The number of nitrogens with zero attached hydrogens (tertiary/aromatic N) is 3. The monoisotopic (exact) mass is 496 g/mol. The molecule has 1 fully saturated rings. The van der Waals surface area contributed by atoms with Crippen molar-refractivity contribution in [2.75, 3.05) is 0 Å². The first-order chi connectivity index (χ1) is 17.2. The summed E-state index contributed by atoms with van der Waals surface area (Å²) >= 11 is 0. The zero-order valence-electron chi connectivity index (χ0n) is 19.1. The Balaban J connectivity index is 1.23. The molecular weight excluding hydrogens is 473 g/mol. The number of nitrogens with one attached hydrogen (secondary N) is 1. The van der Waals surface area contributed by atoms with Gasteiger partial charge in [-0.05, 0) is 68.0 Å². The number of carboxylic acids is 1. The zero-order chi connectivity index (χ0) is 25.3. The van der Waals surface area contributed by atoms with Gasteiger partial charge < -0.3 is 14.8 Å². The average molecular weight is 496 g/mol. The highest BCUT2D eigenvalue weighted by Crippen LogP contribution is 2.32. The van der Waals surface area contributed by atoms with Crippen molar-refractivity contribution < 1.29 is 27.8 Å². The molecule has 1 aromatic carbocycles. The lowest BCUT2D eigenvalue weighted by molar-refractivity contribution is -0.139. The van der Waals surface area contributed by atoms with Gasteiger partial charge in [0, 0.05) is 36.0 Å². The molecule has 10 heteroatoms. The van der Waals surface area contributed by atoms with Gasteiger partial charge in [0.2, 0.25) is 5.88 Å². The Bertz CT molecular complexity index is 1360. The summed E-state index contributed by atoms with van der Waals surface area (Å²) < 4.78 is 44.9. The summed E-state index contributed by atoms with van der Waals surface area (Å²) in [6, 6.07) is 10.6. The van der Waals surface area contributed by atoms with E-state index < -0.39 is 17.7 Å². The lowest BCUT2D eigenvalue weighted by atomic mass is 9.85. The summed E-state index contributed by atoms with van der Waals surface area (Å²) in [4.78, 5) is 27.0. The summed E-state index contributed by atoms with van der Waals surface area (Å²) in [5.41, 5.74) is 2.14. The molecule has 0 spiro atoms. The van der Waals surface area contributed by atoms with Gasteiger partial charge in [-0.3, -0.25) is 9.78 Å². The van der Waals surface area contributed by atoms with Crippen molar-refractivity contribution in [2.45, 2.75) is 44.4 Å². The van der Waals surface area contributed by atoms with Crippen LogP contribution < -0.4 is 4.74 Å². The van der Waals surface area contributed by atoms with E-state index in [0.29, 0.717) is 34.0 Å². The molecule has 1 aliphatic carbocycles. The maximum Gasteiger partial charge on any atom is 0.416 e. The van der Waals surface area contributed by atoms with Crippen LogP contribution >= 0.6 is 0 Å². The van der Waals surface area contributed by atoms with E-state index in [0.717, 1.165) is 43.4 Å². The molecule has 3 heterocycles. The fraction of sp³-hybridized carbons (Fsp3) is 0.308. The molecule has 1 saturated carbocycles. The van der Waals surface area contributed by atoms with E-state index in [1.807, 2.05) is 6.07 Å². The molecule has 0 unspecified atom stereocenters. The standard InChI is InChI=1S/C26H23F3N4O3/c27-26(28,29)18-5-9-21-22(12-18)33-25(32-21)17-3-8-20(30-14-17)16-4-10-23(31-13-16)36-19-6-1-15(2-7-19)11-24(34)35/h3-5,8-10,12-15,19H,1-2,6-7,11H2,(H,32,33)(H,34,35). The smallest absolute Gasteiger partial charge is 0.416 e. The van der Waals surface area contributed by atoms with Gasteiger partial charge in [0.1, 0.15) is 11.9 Å². The second-order valence-corrected chi connectivity index (χ2v) is 8.99. The highest BCUT2D eigenvalue weighted by molar-refractivity contribution is 5.80. The average Bonchev–Trinajstić information content (AvgIpc) is 3.29. The third kappa shape index (κ3) is 5.32. The van der Waals surface area contributed by atoms with Crippen molar-refractivity contribution in [1.29, 1.82) is 0 Å². The maximum atomic E-state index is 13.0. The van der Waals surface area contributed by atoms with Crippen molar-refractivity contribution in [3.8, 4) is 28.5 Å². The second kappa shape index (κ2) is 9.60. The van der Waals surface area contributed by atoms with Gasteiger partial charge in [-0.15, -0.1) is 0 Å². The van der Waals surface area contributed by atoms with Crippen LogP contribution in [0.25, 0.3) is 33.7 Å². The van der Waals surface area contributed by atoms with Crippen LogP contribution in [0.2, 0.25) is 0 Å². The number of ether oxygens (including phenoxy) is 1. The summed E-state index contributed by atoms with van der Waals surface area (Å²) in [6.45, 7) is 0. The van der Waals surface area contributed by atoms with Crippen LogP contribution in [0.3, 0.4) is 0 Å². The van der Waals surface area contributed by atoms with Crippen LogP contribution in [0.4, 0.5) is 13.2 Å². The lowest BCUT2D eigenvalue weighted by Gasteiger charge is -2.27. The predicted molar refractivity (Wildman–Crippen MR) is 126 cm³/mol. The summed E-state index contributed by atoms with van der Waals surface area (Å²) in [5, 5.41) is 8.94. The van der Waals surface area contributed by atoms with E-state index >= 15 is 0 Å². The van der Waals surface area contributed by atoms with E-state index in [-0.39, 0.29) is 18.4 Å². The Labute approximate surface area is 204 Å². The van der Waals surface area contributed by atoms with E-state index in [2.05, 4.69) is 19.9 Å². The fourth-order valence-corrected chi connectivity index (χ4v) is 4.50. The van der Waals surface area contributed by atoms with Crippen LogP contribution in [0.5, 0.6) is 5.88 Å². The predicted octanol–water partition coefficient (Wildman–Crippen LogP) is 6.12. The van der Waals surface area contributed by atoms with Crippen molar-refractivity contribution >= 4 is 17.0 Å². The first kappa shape index (κ1) is 23.8. The Morgan fingerprint density at radius 2 is 1.75 bits per heavy atom. The number of pyridine rings is 2. The normalized spacial score (nSPS) is 18.3. The van der Waals surface area contributed by atoms with Crippen molar-refractivity contribution in [1.82, 2.24) is 19.9 Å². The zero-order valence-corrected chi connectivity index (χ0v) is 19.1. The Morgan fingerprint density at radius 1 is 1.00 bits per heavy atom. The highest BCUT2D eigenvalue weighted by atomic mass is 19.4. The van der Waals surface area contributed by atoms with Crippen LogP contribution in [0, 0.1) is 5.92 Å². The molecule has 0 saturated heterocycles. The summed E-state index contributed by atoms with van der Waals surface area (Å²) in [5.74, 6) is 0.403. The summed E-state index contributed by atoms with van der Waals surface area (Å²) in [6.07, 6.45) is 2.39. The fourth-order valence-electron chi connectivity index (χ4n) is 4.50. The van der Waals surface area contributed by atoms with Crippen LogP contribution in [-0.4, -0.2) is 37.1 Å². The number of aromatic nitrogens is 4. The number of benzene rings is 1.